The Kier molecular flexibility index (Phi) is 4.49. The predicted octanol–water partition coefficient (Wildman–Crippen LogP) is 2.18. The monoisotopic (exact) mass is 268 g/mol. The molecular weight excluding hydrogens is 248 g/mol. The highest BCUT2D eigenvalue weighted by Gasteiger charge is 2.24. The molecule has 0 spiro atoms. The van der Waals surface area contributed by atoms with Gasteiger partial charge in [-0.2, -0.15) is 0 Å². The highest BCUT2D eigenvalue weighted by atomic mass is 35.5. The summed E-state index contributed by atoms with van der Waals surface area (Å²) in [4.78, 5) is 2.40. The van der Waals surface area contributed by atoms with E-state index < -0.39 is 0 Å². The number of likely N-dealkylation sites (N-methyl/N-ethyl adjacent to an activating group) is 1. The summed E-state index contributed by atoms with van der Waals surface area (Å²) in [6, 6.07) is 7.05. The van der Waals surface area contributed by atoms with Crippen LogP contribution in [0, 0.1) is 0 Å². The van der Waals surface area contributed by atoms with Crippen LogP contribution in [0.1, 0.15) is 12.5 Å². The minimum absolute atomic E-state index is 0.480. The molecule has 0 aliphatic carbocycles. The van der Waals surface area contributed by atoms with Crippen molar-refractivity contribution in [1.82, 2.24) is 10.2 Å². The molecule has 0 aromatic heterocycles. The third-order valence-electron chi connectivity index (χ3n) is 3.82. The van der Waals surface area contributed by atoms with Crippen LogP contribution in [-0.4, -0.2) is 44.2 Å². The van der Waals surface area contributed by atoms with Crippen LogP contribution < -0.4 is 10.1 Å². The molecule has 18 heavy (non-hydrogen) atoms. The van der Waals surface area contributed by atoms with Crippen molar-refractivity contribution in [3.8, 4) is 5.75 Å². The Balaban J connectivity index is 2.06. The zero-order valence-corrected chi connectivity index (χ0v) is 12.0. The number of benzene rings is 1. The second-order valence-corrected chi connectivity index (χ2v) is 5.36. The number of rotatable bonds is 3. The number of ether oxygens (including phenoxy) is 1. The molecule has 2 unspecified atom stereocenters. The van der Waals surface area contributed by atoms with Gasteiger partial charge >= 0.3 is 0 Å². The Morgan fingerprint density at radius 2 is 2.28 bits per heavy atom. The van der Waals surface area contributed by atoms with Gasteiger partial charge < -0.3 is 15.0 Å². The van der Waals surface area contributed by atoms with E-state index >= 15 is 0 Å². The maximum atomic E-state index is 6.16. The Morgan fingerprint density at radius 3 is 2.94 bits per heavy atom. The molecule has 0 bridgehead atoms. The Hall–Kier alpha value is -0.770. The van der Waals surface area contributed by atoms with Gasteiger partial charge in [0.1, 0.15) is 5.75 Å². The highest BCUT2D eigenvalue weighted by Crippen LogP contribution is 2.26. The Bertz CT molecular complexity index is 411. The van der Waals surface area contributed by atoms with Crippen LogP contribution in [0.5, 0.6) is 5.75 Å². The maximum Gasteiger partial charge on any atom is 0.137 e. The summed E-state index contributed by atoms with van der Waals surface area (Å²) in [6.07, 6.45) is 0.995. The van der Waals surface area contributed by atoms with Crippen molar-refractivity contribution in [1.29, 1.82) is 0 Å². The molecule has 0 radical (unpaired) electrons. The first-order chi connectivity index (χ1) is 8.61. The molecule has 1 heterocycles. The van der Waals surface area contributed by atoms with Gasteiger partial charge in [-0.25, -0.2) is 0 Å². The van der Waals surface area contributed by atoms with Gasteiger partial charge in [0.05, 0.1) is 12.1 Å². The quantitative estimate of drug-likeness (QED) is 0.910. The lowest BCUT2D eigenvalue weighted by molar-refractivity contribution is 0.163. The van der Waals surface area contributed by atoms with Gasteiger partial charge in [0.15, 0.2) is 0 Å². The third kappa shape index (κ3) is 2.97. The van der Waals surface area contributed by atoms with Crippen LogP contribution >= 0.6 is 11.6 Å². The number of hydrogen-bond acceptors (Lipinski definition) is 3. The fourth-order valence-electron chi connectivity index (χ4n) is 2.44. The standard InChI is InChI=1S/C14H21ClN2O/c1-10-13(16-6-7-17(10)2)9-11-4-5-14(18-3)12(15)8-11/h4-5,8,10,13,16H,6-7,9H2,1-3H3. The lowest BCUT2D eigenvalue weighted by atomic mass is 9.97. The van der Waals surface area contributed by atoms with Crippen LogP contribution in [0.4, 0.5) is 0 Å². The van der Waals surface area contributed by atoms with E-state index in [1.54, 1.807) is 7.11 Å². The summed E-state index contributed by atoms with van der Waals surface area (Å²) >= 11 is 6.16. The number of nitrogens with one attached hydrogen (secondary N) is 1. The maximum absolute atomic E-state index is 6.16. The fraction of sp³-hybridized carbons (Fsp3) is 0.571. The largest absolute Gasteiger partial charge is 0.495 e. The van der Waals surface area contributed by atoms with Gasteiger partial charge in [0, 0.05) is 25.2 Å². The van der Waals surface area contributed by atoms with Crippen molar-refractivity contribution < 1.29 is 4.74 Å². The van der Waals surface area contributed by atoms with E-state index in [9.17, 15) is 0 Å². The molecule has 1 aliphatic heterocycles. The van der Waals surface area contributed by atoms with E-state index in [1.807, 2.05) is 12.1 Å². The first kappa shape index (κ1) is 13.7. The molecule has 2 rings (SSSR count). The zero-order valence-electron chi connectivity index (χ0n) is 11.2. The van der Waals surface area contributed by atoms with Crippen molar-refractivity contribution in [2.75, 3.05) is 27.2 Å². The summed E-state index contributed by atoms with van der Waals surface area (Å²) in [6.45, 7) is 4.43. The minimum atomic E-state index is 0.480. The van der Waals surface area contributed by atoms with Crippen LogP contribution in [0.15, 0.2) is 18.2 Å². The molecule has 4 heteroatoms. The summed E-state index contributed by atoms with van der Waals surface area (Å²) in [7, 11) is 3.82. The van der Waals surface area contributed by atoms with Crippen molar-refractivity contribution >= 4 is 11.6 Å². The van der Waals surface area contributed by atoms with Crippen molar-refractivity contribution in [2.24, 2.45) is 0 Å². The first-order valence-electron chi connectivity index (χ1n) is 6.38. The molecular formula is C14H21ClN2O. The first-order valence-corrected chi connectivity index (χ1v) is 6.75. The summed E-state index contributed by atoms with van der Waals surface area (Å²) in [5.74, 6) is 0.738. The fourth-order valence-corrected chi connectivity index (χ4v) is 2.72. The highest BCUT2D eigenvalue weighted by molar-refractivity contribution is 6.32. The molecule has 1 N–H and O–H groups in total. The normalized spacial score (nSPS) is 25.1. The van der Waals surface area contributed by atoms with Crippen LogP contribution in [-0.2, 0) is 6.42 Å². The van der Waals surface area contributed by atoms with Gasteiger partial charge in [0.25, 0.3) is 0 Å². The van der Waals surface area contributed by atoms with Crippen molar-refractivity contribution in [3.05, 3.63) is 28.8 Å². The van der Waals surface area contributed by atoms with E-state index in [0.717, 1.165) is 25.3 Å². The van der Waals surface area contributed by atoms with Crippen LogP contribution in [0.2, 0.25) is 5.02 Å². The van der Waals surface area contributed by atoms with Gasteiger partial charge in [-0.05, 0) is 38.1 Å². The lowest BCUT2D eigenvalue weighted by Crippen LogP contribution is -2.55. The molecule has 1 aromatic carbocycles. The van der Waals surface area contributed by atoms with Crippen molar-refractivity contribution in [2.45, 2.75) is 25.4 Å². The topological polar surface area (TPSA) is 24.5 Å². The van der Waals surface area contributed by atoms with E-state index in [2.05, 4.69) is 30.3 Å². The predicted molar refractivity (Wildman–Crippen MR) is 75.6 cm³/mol. The summed E-state index contributed by atoms with van der Waals surface area (Å²) in [5.41, 5.74) is 1.25. The molecule has 0 amide bonds. The molecule has 3 nitrogen and oxygen atoms in total. The lowest BCUT2D eigenvalue weighted by Gasteiger charge is -2.38. The number of hydrogen-bond donors (Lipinski definition) is 1. The van der Waals surface area contributed by atoms with Gasteiger partial charge in [-0.15, -0.1) is 0 Å². The second-order valence-electron chi connectivity index (χ2n) is 4.95. The van der Waals surface area contributed by atoms with Crippen molar-refractivity contribution in [3.63, 3.8) is 0 Å². The van der Waals surface area contributed by atoms with E-state index in [4.69, 9.17) is 16.3 Å². The van der Waals surface area contributed by atoms with Gasteiger partial charge in [-0.3, -0.25) is 0 Å². The molecule has 1 fully saturated rings. The summed E-state index contributed by atoms with van der Waals surface area (Å²) < 4.78 is 5.17. The van der Waals surface area contributed by atoms with Crippen LogP contribution in [0.3, 0.4) is 0 Å². The third-order valence-corrected chi connectivity index (χ3v) is 4.12. The Labute approximate surface area is 114 Å². The van der Waals surface area contributed by atoms with E-state index in [0.29, 0.717) is 17.1 Å². The molecule has 1 saturated heterocycles. The number of halogens is 1. The van der Waals surface area contributed by atoms with E-state index in [-0.39, 0.29) is 0 Å². The van der Waals surface area contributed by atoms with Crippen LogP contribution in [0.25, 0.3) is 0 Å². The molecule has 0 saturated carbocycles. The molecule has 100 valence electrons. The Morgan fingerprint density at radius 1 is 1.50 bits per heavy atom. The minimum Gasteiger partial charge on any atom is -0.495 e. The average molecular weight is 269 g/mol. The average Bonchev–Trinajstić information content (AvgIpc) is 2.35. The van der Waals surface area contributed by atoms with Gasteiger partial charge in [0.2, 0.25) is 0 Å². The molecule has 1 aliphatic rings. The van der Waals surface area contributed by atoms with Gasteiger partial charge in [-0.1, -0.05) is 17.7 Å². The summed E-state index contributed by atoms with van der Waals surface area (Å²) in [5, 5.41) is 4.27. The zero-order chi connectivity index (χ0) is 13.1. The number of nitrogens with zero attached hydrogens (tertiary/aromatic N) is 1. The number of methoxy groups -OCH3 is 1. The molecule has 1 aromatic rings. The van der Waals surface area contributed by atoms with E-state index in [1.165, 1.54) is 5.56 Å². The molecule has 2 atom stereocenters. The number of piperazine rings is 1. The smallest absolute Gasteiger partial charge is 0.137 e. The SMILES string of the molecule is COc1ccc(CC2NCCN(C)C2C)cc1Cl. The second kappa shape index (κ2) is 5.91.